The van der Waals surface area contributed by atoms with Gasteiger partial charge in [0.2, 0.25) is 0 Å². The smallest absolute Gasteiger partial charge is 0.481 e. The third kappa shape index (κ3) is 3.99. The summed E-state index contributed by atoms with van der Waals surface area (Å²) in [6.45, 7) is 2.31. The van der Waals surface area contributed by atoms with Gasteiger partial charge in [-0.25, -0.2) is 0 Å². The van der Waals surface area contributed by atoms with Crippen molar-refractivity contribution in [3.8, 4) is 0 Å². The summed E-state index contributed by atoms with van der Waals surface area (Å²) in [4.78, 5) is 0. The molecule has 3 rings (SSSR count). The van der Waals surface area contributed by atoms with E-state index in [1.807, 2.05) is 0 Å². The number of fused-ring (bicyclic) bond motifs is 1. The van der Waals surface area contributed by atoms with E-state index in [0.717, 1.165) is 5.92 Å². The monoisotopic (exact) mass is 294 g/mol. The fourth-order valence-corrected chi connectivity index (χ4v) is 5.16. The van der Waals surface area contributed by atoms with Crippen LogP contribution in [0.2, 0.25) is 0 Å². The maximum Gasteiger partial charge on any atom is 0.668 e. The molecule has 1 aliphatic heterocycles. The van der Waals surface area contributed by atoms with Gasteiger partial charge in [-0.05, 0) is 51.4 Å². The van der Waals surface area contributed by atoms with Crippen LogP contribution in [0.5, 0.6) is 0 Å². The van der Waals surface area contributed by atoms with Gasteiger partial charge in [-0.2, -0.15) is 0 Å². The van der Waals surface area contributed by atoms with Gasteiger partial charge in [0.15, 0.2) is 0 Å². The predicted molar refractivity (Wildman–Crippen MR) is 81.5 cm³/mol. The van der Waals surface area contributed by atoms with Crippen LogP contribution in [0, 0.1) is 5.92 Å². The molecule has 1 saturated heterocycles. The van der Waals surface area contributed by atoms with E-state index in [1.165, 1.54) is 64.2 Å². The molecule has 4 heteroatoms. The molecule has 2 aliphatic carbocycles. The molecule has 2 saturated carbocycles. The molecule has 3 aliphatic rings. The molecule has 4 atom stereocenters. The Morgan fingerprint density at radius 3 is 2.55 bits per heavy atom. The highest BCUT2D eigenvalue weighted by molar-refractivity contribution is 6.18. The molecule has 0 aromatic carbocycles. The maximum atomic E-state index is 6.20. The van der Waals surface area contributed by atoms with Crippen molar-refractivity contribution in [2.45, 2.75) is 95.4 Å². The molecule has 3 nitrogen and oxygen atoms in total. The largest absolute Gasteiger partial charge is 0.668 e. The Labute approximate surface area is 130 Å². The van der Waals surface area contributed by atoms with Crippen LogP contribution >= 0.6 is 0 Å². The van der Waals surface area contributed by atoms with Crippen molar-refractivity contribution in [1.29, 1.82) is 0 Å². The quantitative estimate of drug-likeness (QED) is 0.808. The standard InChI is InChI=1S/C10H18NO.C6H11O.Al/c1-7-5-6-8-3-2-4-9(12)10(8)11-7;7-6-4-2-1-3-5-6;/h7-11H,2-6H2,1H3;6H,1-5H2;/q2*-1;+2. The van der Waals surface area contributed by atoms with Crippen molar-refractivity contribution >= 4 is 15.9 Å². The highest BCUT2D eigenvalue weighted by Gasteiger charge is 2.37. The number of piperidine rings is 1. The van der Waals surface area contributed by atoms with Crippen molar-refractivity contribution in [1.82, 2.24) is 5.32 Å². The molecule has 0 bridgehead atoms. The van der Waals surface area contributed by atoms with Crippen molar-refractivity contribution < 1.29 is 7.58 Å². The molecular weight excluding hydrogens is 265 g/mol. The second-order valence-corrected chi connectivity index (χ2v) is 7.77. The van der Waals surface area contributed by atoms with Crippen molar-refractivity contribution in [2.75, 3.05) is 0 Å². The molecule has 20 heavy (non-hydrogen) atoms. The highest BCUT2D eigenvalue weighted by Crippen LogP contribution is 2.33. The third-order valence-electron chi connectivity index (χ3n) is 5.45. The number of hydrogen-bond donors (Lipinski definition) is 1. The Morgan fingerprint density at radius 2 is 1.70 bits per heavy atom. The second kappa shape index (κ2) is 7.61. The summed E-state index contributed by atoms with van der Waals surface area (Å²) >= 11 is -0.266. The lowest BCUT2D eigenvalue weighted by atomic mass is 9.76. The summed E-state index contributed by atoms with van der Waals surface area (Å²) in [5.41, 5.74) is 0. The summed E-state index contributed by atoms with van der Waals surface area (Å²) in [6, 6.07) is 1.25. The lowest BCUT2D eigenvalue weighted by molar-refractivity contribution is 0.0257. The molecule has 113 valence electrons. The molecule has 0 amide bonds. The van der Waals surface area contributed by atoms with E-state index in [2.05, 4.69) is 12.2 Å². The minimum absolute atomic E-state index is 0.266. The predicted octanol–water partition coefficient (Wildman–Crippen LogP) is 3.20. The van der Waals surface area contributed by atoms with Gasteiger partial charge < -0.3 is 12.9 Å². The Kier molecular flexibility index (Phi) is 5.82. The molecule has 1 radical (unpaired) electrons. The van der Waals surface area contributed by atoms with E-state index in [-0.39, 0.29) is 15.9 Å². The van der Waals surface area contributed by atoms with Crippen LogP contribution in [-0.4, -0.2) is 40.2 Å². The summed E-state index contributed by atoms with van der Waals surface area (Å²) in [5.74, 6) is 0.846. The maximum absolute atomic E-state index is 6.20. The van der Waals surface area contributed by atoms with Gasteiger partial charge in [0.25, 0.3) is 0 Å². The van der Waals surface area contributed by atoms with Crippen LogP contribution in [0.15, 0.2) is 0 Å². The Morgan fingerprint density at radius 1 is 0.850 bits per heavy atom. The second-order valence-electron chi connectivity index (χ2n) is 7.03. The van der Waals surface area contributed by atoms with Crippen LogP contribution in [0.1, 0.15) is 71.1 Å². The first-order valence-electron chi connectivity index (χ1n) is 8.71. The number of rotatable bonds is 4. The van der Waals surface area contributed by atoms with Crippen molar-refractivity contribution in [3.05, 3.63) is 0 Å². The summed E-state index contributed by atoms with van der Waals surface area (Å²) in [6.07, 6.45) is 14.2. The molecule has 1 heterocycles. The van der Waals surface area contributed by atoms with Crippen LogP contribution in [0.4, 0.5) is 0 Å². The zero-order chi connectivity index (χ0) is 13.8. The Balaban J connectivity index is 1.43. The normalized spacial score (nSPS) is 39.2. The van der Waals surface area contributed by atoms with E-state index in [4.69, 9.17) is 7.58 Å². The van der Waals surface area contributed by atoms with E-state index >= 15 is 0 Å². The third-order valence-corrected chi connectivity index (χ3v) is 6.41. The van der Waals surface area contributed by atoms with Gasteiger partial charge in [0.1, 0.15) is 0 Å². The van der Waals surface area contributed by atoms with Gasteiger partial charge in [-0.3, -0.25) is 0 Å². The van der Waals surface area contributed by atoms with Crippen LogP contribution in [0.3, 0.4) is 0 Å². The van der Waals surface area contributed by atoms with Crippen molar-refractivity contribution in [2.24, 2.45) is 5.92 Å². The van der Waals surface area contributed by atoms with E-state index in [9.17, 15) is 0 Å². The SMILES string of the molecule is CC1CCC2CCCC([O][Al][O]C3CCCCC3)C2N1. The minimum Gasteiger partial charge on any atom is -0.481 e. The van der Waals surface area contributed by atoms with Crippen LogP contribution in [0.25, 0.3) is 0 Å². The molecule has 0 aromatic rings. The molecular formula is C16H29AlNO2. The zero-order valence-corrected chi connectivity index (χ0v) is 14.0. The summed E-state index contributed by atoms with van der Waals surface area (Å²) in [7, 11) is 0. The van der Waals surface area contributed by atoms with Crippen molar-refractivity contribution in [3.63, 3.8) is 0 Å². The van der Waals surface area contributed by atoms with E-state index in [1.54, 1.807) is 0 Å². The Bertz CT molecular complexity index is 296. The summed E-state index contributed by atoms with van der Waals surface area (Å²) < 4.78 is 12.2. The fraction of sp³-hybridized carbons (Fsp3) is 1.00. The van der Waals surface area contributed by atoms with Gasteiger partial charge >= 0.3 is 15.9 Å². The molecule has 0 spiro atoms. The first-order valence-corrected chi connectivity index (χ1v) is 9.66. The first-order chi connectivity index (χ1) is 9.83. The number of hydrogen-bond acceptors (Lipinski definition) is 3. The molecule has 1 N–H and O–H groups in total. The Hall–Kier alpha value is 0.412. The average molecular weight is 294 g/mol. The average Bonchev–Trinajstić information content (AvgIpc) is 2.49. The van der Waals surface area contributed by atoms with Gasteiger partial charge in [0.05, 0.1) is 0 Å². The summed E-state index contributed by atoms with van der Waals surface area (Å²) in [5, 5.41) is 3.79. The minimum atomic E-state index is -0.266. The topological polar surface area (TPSA) is 30.5 Å². The molecule has 0 aromatic heterocycles. The molecule has 4 unspecified atom stereocenters. The van der Waals surface area contributed by atoms with Crippen LogP contribution < -0.4 is 5.32 Å². The van der Waals surface area contributed by atoms with Gasteiger partial charge in [-0.1, -0.05) is 25.7 Å². The zero-order valence-electron chi connectivity index (χ0n) is 12.9. The van der Waals surface area contributed by atoms with Gasteiger partial charge in [0, 0.05) is 24.3 Å². The van der Waals surface area contributed by atoms with Gasteiger partial charge in [-0.15, -0.1) is 0 Å². The van der Waals surface area contributed by atoms with E-state index < -0.39 is 0 Å². The fourth-order valence-electron chi connectivity index (χ4n) is 4.22. The lowest BCUT2D eigenvalue weighted by Gasteiger charge is -2.44. The number of nitrogens with one attached hydrogen (secondary N) is 1. The van der Waals surface area contributed by atoms with E-state index in [0.29, 0.717) is 24.3 Å². The lowest BCUT2D eigenvalue weighted by Crippen LogP contribution is -2.55. The van der Waals surface area contributed by atoms with Crippen LogP contribution in [-0.2, 0) is 7.58 Å². The first kappa shape index (κ1) is 15.3. The molecule has 3 fully saturated rings. The highest BCUT2D eigenvalue weighted by atomic mass is 27.2.